The van der Waals surface area contributed by atoms with Gasteiger partial charge in [-0.3, -0.25) is 4.79 Å². The number of amides is 1. The van der Waals surface area contributed by atoms with Gasteiger partial charge in [-0.15, -0.1) is 0 Å². The van der Waals surface area contributed by atoms with Crippen molar-refractivity contribution in [3.63, 3.8) is 0 Å². The second-order valence-electron chi connectivity index (χ2n) is 5.21. The van der Waals surface area contributed by atoms with Gasteiger partial charge in [-0.2, -0.15) is 0 Å². The Morgan fingerprint density at radius 3 is 2.60 bits per heavy atom. The van der Waals surface area contributed by atoms with Crippen molar-refractivity contribution in [1.82, 2.24) is 10.6 Å². The van der Waals surface area contributed by atoms with E-state index in [0.717, 1.165) is 13.1 Å². The Morgan fingerprint density at radius 2 is 2.13 bits per heavy atom. The first-order valence-electron chi connectivity index (χ1n) is 5.52. The Labute approximate surface area is 91.8 Å². The van der Waals surface area contributed by atoms with Crippen molar-refractivity contribution >= 4 is 5.91 Å². The summed E-state index contributed by atoms with van der Waals surface area (Å²) >= 11 is 0. The Kier molecular flexibility index (Phi) is 4.11. The highest BCUT2D eigenvalue weighted by Crippen LogP contribution is 2.08. The third-order valence-electron chi connectivity index (χ3n) is 2.50. The molecule has 0 aliphatic carbocycles. The van der Waals surface area contributed by atoms with E-state index in [-0.39, 0.29) is 24.2 Å². The molecule has 2 N–H and O–H groups in total. The van der Waals surface area contributed by atoms with Crippen molar-refractivity contribution in [2.24, 2.45) is 5.92 Å². The Morgan fingerprint density at radius 1 is 1.47 bits per heavy atom. The predicted molar refractivity (Wildman–Crippen MR) is 59.7 cm³/mol. The first-order valence-corrected chi connectivity index (χ1v) is 5.52. The molecule has 0 aromatic rings. The molecule has 0 radical (unpaired) electrons. The summed E-state index contributed by atoms with van der Waals surface area (Å²) in [6.45, 7) is 9.95. The van der Waals surface area contributed by atoms with E-state index in [9.17, 15) is 4.79 Å². The van der Waals surface area contributed by atoms with Gasteiger partial charge in [-0.1, -0.05) is 6.92 Å². The number of hydrogen-bond donors (Lipinski definition) is 2. The molecule has 1 aliphatic heterocycles. The number of ether oxygens (including phenoxy) is 1. The lowest BCUT2D eigenvalue weighted by Crippen LogP contribution is -2.42. The quantitative estimate of drug-likeness (QED) is 0.720. The molecule has 4 heteroatoms. The number of carbonyl (C=O) groups excluding carboxylic acids is 1. The molecule has 0 aromatic heterocycles. The van der Waals surface area contributed by atoms with Gasteiger partial charge >= 0.3 is 0 Å². The van der Waals surface area contributed by atoms with Gasteiger partial charge in [0.2, 0.25) is 5.91 Å². The molecule has 88 valence electrons. The lowest BCUT2D eigenvalue weighted by molar-refractivity contribution is -0.131. The van der Waals surface area contributed by atoms with Gasteiger partial charge in [0.25, 0.3) is 0 Å². The highest BCUT2D eigenvalue weighted by atomic mass is 16.5. The largest absolute Gasteiger partial charge is 0.366 e. The lowest BCUT2D eigenvalue weighted by Gasteiger charge is -2.21. The molecule has 1 saturated heterocycles. The highest BCUT2D eigenvalue weighted by Gasteiger charge is 2.24. The van der Waals surface area contributed by atoms with Crippen molar-refractivity contribution in [3.05, 3.63) is 0 Å². The first-order chi connectivity index (χ1) is 6.88. The molecule has 0 spiro atoms. The molecular weight excluding hydrogens is 192 g/mol. The third-order valence-corrected chi connectivity index (χ3v) is 2.50. The molecule has 1 amide bonds. The SMILES string of the molecule is CC1CNCC1NC(=O)COC(C)(C)C. The molecule has 0 aromatic carbocycles. The van der Waals surface area contributed by atoms with Crippen molar-refractivity contribution in [2.75, 3.05) is 19.7 Å². The fourth-order valence-corrected chi connectivity index (χ4v) is 1.53. The van der Waals surface area contributed by atoms with E-state index in [1.165, 1.54) is 0 Å². The maximum Gasteiger partial charge on any atom is 0.246 e. The molecule has 1 rings (SSSR count). The summed E-state index contributed by atoms with van der Waals surface area (Å²) in [4.78, 5) is 11.5. The molecular formula is C11H22N2O2. The van der Waals surface area contributed by atoms with Crippen LogP contribution in [0.1, 0.15) is 27.7 Å². The average Bonchev–Trinajstić information content (AvgIpc) is 2.47. The van der Waals surface area contributed by atoms with Crippen LogP contribution in [0, 0.1) is 5.92 Å². The minimum Gasteiger partial charge on any atom is -0.366 e. The van der Waals surface area contributed by atoms with Gasteiger partial charge in [0.15, 0.2) is 0 Å². The van der Waals surface area contributed by atoms with Crippen LogP contribution < -0.4 is 10.6 Å². The summed E-state index contributed by atoms with van der Waals surface area (Å²) in [5.74, 6) is 0.481. The normalized spacial score (nSPS) is 26.7. The van der Waals surface area contributed by atoms with Crippen LogP contribution in [0.3, 0.4) is 0 Å². The smallest absolute Gasteiger partial charge is 0.246 e. The molecule has 0 bridgehead atoms. The van der Waals surface area contributed by atoms with Crippen LogP contribution in [0.15, 0.2) is 0 Å². The topological polar surface area (TPSA) is 50.4 Å². The molecule has 2 atom stereocenters. The van der Waals surface area contributed by atoms with Crippen LogP contribution in [0.4, 0.5) is 0 Å². The van der Waals surface area contributed by atoms with Crippen molar-refractivity contribution < 1.29 is 9.53 Å². The zero-order valence-electron chi connectivity index (χ0n) is 10.1. The average molecular weight is 214 g/mol. The number of nitrogens with one attached hydrogen (secondary N) is 2. The summed E-state index contributed by atoms with van der Waals surface area (Å²) in [5.41, 5.74) is -0.253. The molecule has 15 heavy (non-hydrogen) atoms. The standard InChI is InChI=1S/C11H22N2O2/c1-8-5-12-6-9(8)13-10(14)7-15-11(2,3)4/h8-9,12H,5-7H2,1-4H3,(H,13,14). The van der Waals surface area contributed by atoms with Crippen molar-refractivity contribution in [2.45, 2.75) is 39.3 Å². The summed E-state index contributed by atoms with van der Waals surface area (Å²) in [5, 5.41) is 6.22. The zero-order valence-corrected chi connectivity index (χ0v) is 10.1. The van der Waals surface area contributed by atoms with Crippen LogP contribution in [-0.4, -0.2) is 37.2 Å². The van der Waals surface area contributed by atoms with Gasteiger partial charge in [0.05, 0.1) is 5.60 Å². The third kappa shape index (κ3) is 4.62. The van der Waals surface area contributed by atoms with E-state index in [0.29, 0.717) is 5.92 Å². The monoisotopic (exact) mass is 214 g/mol. The molecule has 4 nitrogen and oxygen atoms in total. The van der Waals surface area contributed by atoms with E-state index >= 15 is 0 Å². The van der Waals surface area contributed by atoms with E-state index in [1.54, 1.807) is 0 Å². The van der Waals surface area contributed by atoms with Gasteiger partial charge in [0.1, 0.15) is 6.61 Å². The van der Waals surface area contributed by atoms with Crippen LogP contribution in [0.2, 0.25) is 0 Å². The Balaban J connectivity index is 2.24. The van der Waals surface area contributed by atoms with Gasteiger partial charge in [0, 0.05) is 12.6 Å². The van der Waals surface area contributed by atoms with Gasteiger partial charge < -0.3 is 15.4 Å². The summed E-state index contributed by atoms with van der Waals surface area (Å²) in [7, 11) is 0. The maximum absolute atomic E-state index is 11.5. The lowest BCUT2D eigenvalue weighted by atomic mass is 10.1. The highest BCUT2D eigenvalue weighted by molar-refractivity contribution is 5.77. The second kappa shape index (κ2) is 4.94. The fraction of sp³-hybridized carbons (Fsp3) is 0.909. The summed E-state index contributed by atoms with van der Waals surface area (Å²) < 4.78 is 5.40. The van der Waals surface area contributed by atoms with Crippen LogP contribution in [0.5, 0.6) is 0 Å². The fourth-order valence-electron chi connectivity index (χ4n) is 1.53. The van der Waals surface area contributed by atoms with E-state index in [1.807, 2.05) is 20.8 Å². The van der Waals surface area contributed by atoms with Crippen molar-refractivity contribution in [1.29, 1.82) is 0 Å². The zero-order chi connectivity index (χ0) is 11.5. The molecule has 2 unspecified atom stereocenters. The molecule has 1 aliphatic rings. The Hall–Kier alpha value is -0.610. The summed E-state index contributed by atoms with van der Waals surface area (Å²) in [6, 6.07) is 0.251. The summed E-state index contributed by atoms with van der Waals surface area (Å²) in [6.07, 6.45) is 0. The van der Waals surface area contributed by atoms with E-state index in [4.69, 9.17) is 4.74 Å². The van der Waals surface area contributed by atoms with Gasteiger partial charge in [-0.25, -0.2) is 0 Å². The molecule has 0 saturated carbocycles. The molecule has 1 heterocycles. The van der Waals surface area contributed by atoms with Crippen LogP contribution >= 0.6 is 0 Å². The van der Waals surface area contributed by atoms with Crippen LogP contribution in [-0.2, 0) is 9.53 Å². The molecule has 1 fully saturated rings. The van der Waals surface area contributed by atoms with Gasteiger partial charge in [-0.05, 0) is 33.2 Å². The van der Waals surface area contributed by atoms with E-state index < -0.39 is 0 Å². The van der Waals surface area contributed by atoms with Crippen molar-refractivity contribution in [3.8, 4) is 0 Å². The second-order valence-corrected chi connectivity index (χ2v) is 5.21. The van der Waals surface area contributed by atoms with E-state index in [2.05, 4.69) is 17.6 Å². The predicted octanol–water partition coefficient (Wildman–Crippen LogP) is 0.526. The number of rotatable bonds is 3. The number of hydrogen-bond acceptors (Lipinski definition) is 3. The first kappa shape index (κ1) is 12.5. The number of carbonyl (C=O) groups is 1. The minimum atomic E-state index is -0.253. The Bertz CT molecular complexity index is 223. The van der Waals surface area contributed by atoms with Crippen LogP contribution in [0.25, 0.3) is 0 Å². The maximum atomic E-state index is 11.5. The minimum absolute atomic E-state index is 0.0227.